The molecule has 0 saturated carbocycles. The van der Waals surface area contributed by atoms with Crippen LogP contribution < -0.4 is 10.1 Å². The van der Waals surface area contributed by atoms with Gasteiger partial charge in [-0.15, -0.1) is 0 Å². The first-order valence-corrected chi connectivity index (χ1v) is 9.97. The molecule has 0 unspecified atom stereocenters. The van der Waals surface area contributed by atoms with Gasteiger partial charge in [-0.1, -0.05) is 30.3 Å². The minimum Gasteiger partial charge on any atom is -0.457 e. The van der Waals surface area contributed by atoms with Gasteiger partial charge in [0.05, 0.1) is 4.90 Å². The first kappa shape index (κ1) is 19.6. The van der Waals surface area contributed by atoms with Crippen LogP contribution in [0.3, 0.4) is 0 Å². The minimum absolute atomic E-state index is 0.0614. The molecule has 0 aliphatic carbocycles. The van der Waals surface area contributed by atoms with Crippen LogP contribution in [-0.4, -0.2) is 32.7 Å². The van der Waals surface area contributed by atoms with Crippen molar-refractivity contribution in [1.82, 2.24) is 4.31 Å². The number of rotatable bonds is 6. The molecule has 1 amide bonds. The number of carbonyl (C=O) groups is 1. The van der Waals surface area contributed by atoms with E-state index in [1.165, 1.54) is 26.2 Å². The molecule has 0 atom stereocenters. The summed E-state index contributed by atoms with van der Waals surface area (Å²) in [5.41, 5.74) is 0.789. The van der Waals surface area contributed by atoms with Crippen molar-refractivity contribution >= 4 is 21.6 Å². The summed E-state index contributed by atoms with van der Waals surface area (Å²) in [4.78, 5) is 12.6. The van der Waals surface area contributed by atoms with Gasteiger partial charge in [0.2, 0.25) is 10.0 Å². The fraction of sp³-hybridized carbons (Fsp3) is 0.0952. The normalized spacial score (nSPS) is 11.2. The standard InChI is InChI=1S/C21H20N2O4S/c1-23(2)28(25,26)20-13-6-8-16(14-20)21(24)22-17-9-7-12-19(15-17)27-18-10-4-3-5-11-18/h3-15H,1-2H3,(H,22,24). The lowest BCUT2D eigenvalue weighted by Gasteiger charge is -2.12. The summed E-state index contributed by atoms with van der Waals surface area (Å²) in [5.74, 6) is 0.855. The highest BCUT2D eigenvalue weighted by atomic mass is 32.2. The predicted octanol–water partition coefficient (Wildman–Crippen LogP) is 3.98. The molecule has 7 heteroatoms. The van der Waals surface area contributed by atoms with Gasteiger partial charge in [-0.25, -0.2) is 12.7 Å². The van der Waals surface area contributed by atoms with E-state index in [2.05, 4.69) is 5.32 Å². The van der Waals surface area contributed by atoms with Crippen molar-refractivity contribution in [1.29, 1.82) is 0 Å². The van der Waals surface area contributed by atoms with E-state index in [0.29, 0.717) is 17.2 Å². The predicted molar refractivity (Wildman–Crippen MR) is 108 cm³/mol. The number of anilines is 1. The van der Waals surface area contributed by atoms with E-state index in [-0.39, 0.29) is 10.5 Å². The van der Waals surface area contributed by atoms with Crippen LogP contribution in [0.2, 0.25) is 0 Å². The fourth-order valence-corrected chi connectivity index (χ4v) is 3.42. The first-order valence-electron chi connectivity index (χ1n) is 8.53. The Kier molecular flexibility index (Phi) is 5.77. The van der Waals surface area contributed by atoms with Gasteiger partial charge >= 0.3 is 0 Å². The number of hydrogen-bond acceptors (Lipinski definition) is 4. The van der Waals surface area contributed by atoms with E-state index in [1.807, 2.05) is 30.3 Å². The third kappa shape index (κ3) is 4.57. The molecule has 0 aliphatic rings. The molecule has 3 aromatic rings. The number of nitrogens with zero attached hydrogens (tertiary/aromatic N) is 1. The quantitative estimate of drug-likeness (QED) is 0.684. The number of sulfonamides is 1. The van der Waals surface area contributed by atoms with E-state index in [4.69, 9.17) is 4.74 Å². The van der Waals surface area contributed by atoms with Gasteiger partial charge in [0.1, 0.15) is 11.5 Å². The maximum atomic E-state index is 12.6. The molecule has 0 spiro atoms. The molecule has 0 saturated heterocycles. The van der Waals surface area contributed by atoms with Crippen LogP contribution in [0.15, 0.2) is 83.8 Å². The number of hydrogen-bond donors (Lipinski definition) is 1. The number of carbonyl (C=O) groups excluding carboxylic acids is 1. The van der Waals surface area contributed by atoms with Crippen molar-refractivity contribution in [2.75, 3.05) is 19.4 Å². The number of benzene rings is 3. The summed E-state index contributed by atoms with van der Waals surface area (Å²) in [6.07, 6.45) is 0. The zero-order valence-electron chi connectivity index (χ0n) is 15.5. The largest absolute Gasteiger partial charge is 0.457 e. The average Bonchev–Trinajstić information content (AvgIpc) is 2.69. The Bertz CT molecular complexity index is 1080. The maximum absolute atomic E-state index is 12.6. The monoisotopic (exact) mass is 396 g/mol. The zero-order chi connectivity index (χ0) is 20.1. The van der Waals surface area contributed by atoms with E-state index in [0.717, 1.165) is 4.31 Å². The highest BCUT2D eigenvalue weighted by Gasteiger charge is 2.18. The second-order valence-corrected chi connectivity index (χ2v) is 8.36. The fourth-order valence-electron chi connectivity index (χ4n) is 2.47. The molecule has 144 valence electrons. The summed E-state index contributed by atoms with van der Waals surface area (Å²) in [6.45, 7) is 0. The highest BCUT2D eigenvalue weighted by molar-refractivity contribution is 7.89. The van der Waals surface area contributed by atoms with Gasteiger partial charge in [-0.2, -0.15) is 0 Å². The molecule has 0 fully saturated rings. The smallest absolute Gasteiger partial charge is 0.255 e. The Morgan fingerprint density at radius 3 is 2.25 bits per heavy atom. The Morgan fingerprint density at radius 1 is 0.857 bits per heavy atom. The molecule has 3 rings (SSSR count). The van der Waals surface area contributed by atoms with Crippen molar-refractivity contribution in [3.63, 3.8) is 0 Å². The molecule has 3 aromatic carbocycles. The van der Waals surface area contributed by atoms with Gasteiger partial charge in [-0.05, 0) is 42.5 Å². The molecule has 0 bridgehead atoms. The number of ether oxygens (including phenoxy) is 1. The van der Waals surface area contributed by atoms with Gasteiger partial charge in [-0.3, -0.25) is 4.79 Å². The lowest BCUT2D eigenvalue weighted by Crippen LogP contribution is -2.22. The van der Waals surface area contributed by atoms with Crippen LogP contribution in [-0.2, 0) is 10.0 Å². The summed E-state index contributed by atoms with van der Waals surface area (Å²) in [7, 11) is -0.724. The topological polar surface area (TPSA) is 75.7 Å². The average molecular weight is 396 g/mol. The van der Waals surface area contributed by atoms with Crippen molar-refractivity contribution < 1.29 is 17.9 Å². The lowest BCUT2D eigenvalue weighted by molar-refractivity contribution is 0.102. The molecule has 0 heterocycles. The van der Waals surface area contributed by atoms with Gasteiger partial charge in [0.25, 0.3) is 5.91 Å². The van der Waals surface area contributed by atoms with E-state index >= 15 is 0 Å². The van der Waals surface area contributed by atoms with Gasteiger partial charge < -0.3 is 10.1 Å². The Hall–Kier alpha value is -3.16. The Morgan fingerprint density at radius 2 is 1.54 bits per heavy atom. The Labute approximate surface area is 164 Å². The number of para-hydroxylation sites is 1. The van der Waals surface area contributed by atoms with Crippen LogP contribution in [0, 0.1) is 0 Å². The molecule has 0 radical (unpaired) electrons. The molecular formula is C21H20N2O4S. The van der Waals surface area contributed by atoms with E-state index in [1.54, 1.807) is 36.4 Å². The van der Waals surface area contributed by atoms with Gasteiger partial charge in [0, 0.05) is 31.4 Å². The third-order valence-corrected chi connectivity index (χ3v) is 5.76. The molecule has 0 aromatic heterocycles. The maximum Gasteiger partial charge on any atom is 0.255 e. The molecule has 6 nitrogen and oxygen atoms in total. The van der Waals surface area contributed by atoms with E-state index < -0.39 is 15.9 Å². The Balaban J connectivity index is 1.78. The minimum atomic E-state index is -3.61. The highest BCUT2D eigenvalue weighted by Crippen LogP contribution is 2.24. The van der Waals surface area contributed by atoms with Crippen molar-refractivity contribution in [3.05, 3.63) is 84.4 Å². The van der Waals surface area contributed by atoms with Crippen molar-refractivity contribution in [2.24, 2.45) is 0 Å². The molecule has 0 aliphatic heterocycles. The molecule has 1 N–H and O–H groups in total. The number of amides is 1. The second-order valence-electron chi connectivity index (χ2n) is 6.21. The van der Waals surface area contributed by atoms with Crippen LogP contribution in [0.1, 0.15) is 10.4 Å². The second kappa shape index (κ2) is 8.24. The summed E-state index contributed by atoms with van der Waals surface area (Å²) in [5, 5.41) is 2.76. The van der Waals surface area contributed by atoms with Crippen LogP contribution in [0.5, 0.6) is 11.5 Å². The van der Waals surface area contributed by atoms with E-state index in [9.17, 15) is 13.2 Å². The van der Waals surface area contributed by atoms with Crippen molar-refractivity contribution in [2.45, 2.75) is 4.90 Å². The van der Waals surface area contributed by atoms with Crippen LogP contribution in [0.4, 0.5) is 5.69 Å². The molecular weight excluding hydrogens is 376 g/mol. The number of nitrogens with one attached hydrogen (secondary N) is 1. The summed E-state index contributed by atoms with van der Waals surface area (Å²) >= 11 is 0. The van der Waals surface area contributed by atoms with Crippen LogP contribution >= 0.6 is 0 Å². The van der Waals surface area contributed by atoms with Crippen LogP contribution in [0.25, 0.3) is 0 Å². The summed E-state index contributed by atoms with van der Waals surface area (Å²) < 4.78 is 31.4. The lowest BCUT2D eigenvalue weighted by atomic mass is 10.2. The third-order valence-electron chi connectivity index (χ3n) is 3.95. The zero-order valence-corrected chi connectivity index (χ0v) is 16.3. The summed E-state index contributed by atoms with van der Waals surface area (Å²) in [6, 6.07) is 22.2. The SMILES string of the molecule is CN(C)S(=O)(=O)c1cccc(C(=O)Nc2cccc(Oc3ccccc3)c2)c1. The van der Waals surface area contributed by atoms with Gasteiger partial charge in [0.15, 0.2) is 0 Å². The first-order chi connectivity index (χ1) is 13.4. The van der Waals surface area contributed by atoms with Crippen molar-refractivity contribution in [3.8, 4) is 11.5 Å². The molecule has 28 heavy (non-hydrogen) atoms.